The summed E-state index contributed by atoms with van der Waals surface area (Å²) in [5.74, 6) is 0.887. The predicted molar refractivity (Wildman–Crippen MR) is 168 cm³/mol. The Hall–Kier alpha value is -5.02. The van der Waals surface area contributed by atoms with Gasteiger partial charge in [0.15, 0.2) is 0 Å². The van der Waals surface area contributed by atoms with Crippen LogP contribution in [-0.2, 0) is 20.1 Å². The zero-order chi connectivity index (χ0) is 28.7. The molecule has 3 aromatic heterocycles. The molecule has 0 aliphatic heterocycles. The second-order valence-corrected chi connectivity index (χ2v) is 9.01. The van der Waals surface area contributed by atoms with Crippen LogP contribution in [-0.4, -0.2) is 9.97 Å². The van der Waals surface area contributed by atoms with Gasteiger partial charge in [0.05, 0.1) is 0 Å². The van der Waals surface area contributed by atoms with Crippen molar-refractivity contribution in [2.75, 3.05) is 0 Å². The zero-order valence-corrected chi connectivity index (χ0v) is 25.7. The van der Waals surface area contributed by atoms with Crippen LogP contribution in [0.1, 0.15) is 0 Å². The van der Waals surface area contributed by atoms with Crippen LogP contribution >= 0.6 is 0 Å². The summed E-state index contributed by atoms with van der Waals surface area (Å²) in [6.07, 6.45) is 8.51. The molecule has 211 valence electrons. The Bertz CT molecular complexity index is 1510. The van der Waals surface area contributed by atoms with Crippen molar-refractivity contribution >= 4 is 0 Å². The molecule has 7 aromatic rings. The van der Waals surface area contributed by atoms with Gasteiger partial charge < -0.3 is 9.55 Å². The fourth-order valence-electron chi connectivity index (χ4n) is 4.03. The molecule has 7 rings (SSSR count). The molecule has 0 N–H and O–H groups in total. The first kappa shape index (κ1) is 30.9. The third kappa shape index (κ3) is 9.51. The summed E-state index contributed by atoms with van der Waals surface area (Å²) in [5.41, 5.74) is 6.58. The molecule has 0 bridgehead atoms. The first-order chi connectivity index (χ1) is 20.9. The van der Waals surface area contributed by atoms with Crippen molar-refractivity contribution in [1.82, 2.24) is 9.97 Å². The Kier molecular flexibility index (Phi) is 12.3. The van der Waals surface area contributed by atoms with Gasteiger partial charge in [0.1, 0.15) is 6.20 Å². The van der Waals surface area contributed by atoms with Crippen molar-refractivity contribution in [3.8, 4) is 39.3 Å². The third-order valence-electron chi connectivity index (χ3n) is 6.12. The first-order valence-corrected chi connectivity index (χ1v) is 13.6. The van der Waals surface area contributed by atoms with E-state index >= 15 is 0 Å². The molecule has 4 aromatic carbocycles. The van der Waals surface area contributed by atoms with E-state index in [2.05, 4.69) is 58.6 Å². The second-order valence-electron chi connectivity index (χ2n) is 9.01. The van der Waals surface area contributed by atoms with Gasteiger partial charge in [0.2, 0.25) is 5.82 Å². The van der Waals surface area contributed by atoms with Crippen molar-refractivity contribution in [2.45, 2.75) is 0 Å². The predicted octanol–water partition coefficient (Wildman–Crippen LogP) is 8.33. The Morgan fingerprint density at radius 1 is 0.465 bits per heavy atom. The van der Waals surface area contributed by atoms with Gasteiger partial charge in [-0.1, -0.05) is 59.1 Å². The maximum absolute atomic E-state index is 4.22. The summed E-state index contributed by atoms with van der Waals surface area (Å²) in [7, 11) is 0. The normalized spacial score (nSPS) is 9.67. The molecule has 4 heteroatoms. The van der Waals surface area contributed by atoms with E-state index in [1.807, 2.05) is 138 Å². The molecule has 0 saturated heterocycles. The number of benzene rings is 4. The molecule has 0 aliphatic carbocycles. The van der Waals surface area contributed by atoms with Crippen molar-refractivity contribution in [1.29, 1.82) is 0 Å². The van der Waals surface area contributed by atoms with Crippen molar-refractivity contribution in [3.05, 3.63) is 195 Å². The average molecular weight is 731 g/mol. The molecule has 0 fully saturated rings. The zero-order valence-electron chi connectivity index (χ0n) is 23.3. The standard InChI is InChI=1S/C18H12.C11H8N.C10H8N2.Ir/c1-3-7-15(8-4-1)17-11-13-18(14-12-17)16-9-5-2-6-10-16;1-2-6-10(7-3-1)11-8-4-5-9-12-11;1-4-8-12(9-5-1)10-6-2-3-7-11-10;/h1-9,11-13H;1-6,8-9H;1-8H;/q-2;-1;;. The van der Waals surface area contributed by atoms with E-state index in [-0.39, 0.29) is 20.1 Å². The molecule has 0 unspecified atom stereocenters. The van der Waals surface area contributed by atoms with E-state index in [0.717, 1.165) is 28.2 Å². The van der Waals surface area contributed by atoms with E-state index in [1.165, 1.54) is 11.1 Å². The van der Waals surface area contributed by atoms with E-state index in [9.17, 15) is 0 Å². The number of hydrogen-bond acceptors (Lipinski definition) is 2. The summed E-state index contributed by atoms with van der Waals surface area (Å²) >= 11 is 0. The van der Waals surface area contributed by atoms with E-state index in [0.29, 0.717) is 0 Å². The number of nitrogens with zero attached hydrogens (tertiary/aromatic N) is 3. The summed E-state index contributed by atoms with van der Waals surface area (Å²) in [6, 6.07) is 59.4. The molecular formula is C39H28IrN3-3. The molecule has 0 amide bonds. The summed E-state index contributed by atoms with van der Waals surface area (Å²) in [5, 5.41) is 0. The van der Waals surface area contributed by atoms with Gasteiger partial charge in [0, 0.05) is 38.7 Å². The van der Waals surface area contributed by atoms with Crippen LogP contribution in [0.25, 0.3) is 39.3 Å². The maximum atomic E-state index is 4.22. The number of pyridine rings is 3. The van der Waals surface area contributed by atoms with Crippen LogP contribution in [0, 0.1) is 24.4 Å². The maximum Gasteiger partial charge on any atom is 0.247 e. The molecule has 0 aliphatic rings. The van der Waals surface area contributed by atoms with Crippen LogP contribution in [0.3, 0.4) is 0 Å². The molecule has 0 saturated carbocycles. The van der Waals surface area contributed by atoms with Gasteiger partial charge >= 0.3 is 0 Å². The summed E-state index contributed by atoms with van der Waals surface area (Å²) < 4.78 is 1.85. The average Bonchev–Trinajstić information content (AvgIpc) is 3.11. The smallest absolute Gasteiger partial charge is 0.247 e. The van der Waals surface area contributed by atoms with Gasteiger partial charge in [0.25, 0.3) is 0 Å². The van der Waals surface area contributed by atoms with Gasteiger partial charge in [-0.2, -0.15) is 36.4 Å². The molecule has 0 atom stereocenters. The van der Waals surface area contributed by atoms with Gasteiger partial charge in [-0.15, -0.1) is 77.9 Å². The van der Waals surface area contributed by atoms with E-state index < -0.39 is 0 Å². The van der Waals surface area contributed by atoms with Crippen LogP contribution in [0.2, 0.25) is 0 Å². The minimum Gasteiger partial charge on any atom is -0.322 e. The molecule has 3 heterocycles. The SMILES string of the molecule is [Ir].[c-]1cccc[n+]1-c1ccccn1.[c-]1ccccc1-c1[c-]cc(-c2ccccc2)cc1.[c-]1ccccc1-c1ccccn1. The van der Waals surface area contributed by atoms with Gasteiger partial charge in [-0.25, -0.2) is 11.1 Å². The first-order valence-electron chi connectivity index (χ1n) is 13.6. The van der Waals surface area contributed by atoms with E-state index in [4.69, 9.17) is 0 Å². The minimum atomic E-state index is 0. The minimum absolute atomic E-state index is 0. The Morgan fingerprint density at radius 2 is 1.12 bits per heavy atom. The van der Waals surface area contributed by atoms with Crippen LogP contribution < -0.4 is 4.57 Å². The topological polar surface area (TPSA) is 29.7 Å². The van der Waals surface area contributed by atoms with E-state index in [1.54, 1.807) is 12.4 Å². The summed E-state index contributed by atoms with van der Waals surface area (Å²) in [4.78, 5) is 8.40. The fourth-order valence-corrected chi connectivity index (χ4v) is 4.03. The van der Waals surface area contributed by atoms with Crippen LogP contribution in [0.15, 0.2) is 170 Å². The van der Waals surface area contributed by atoms with Gasteiger partial charge in [-0.05, 0) is 23.9 Å². The third-order valence-corrected chi connectivity index (χ3v) is 6.12. The Morgan fingerprint density at radius 3 is 1.70 bits per heavy atom. The molecular weight excluding hydrogens is 703 g/mol. The number of hydrogen-bond donors (Lipinski definition) is 0. The number of aromatic nitrogens is 3. The quantitative estimate of drug-likeness (QED) is 0.135. The van der Waals surface area contributed by atoms with Crippen molar-refractivity contribution in [2.24, 2.45) is 0 Å². The van der Waals surface area contributed by atoms with Crippen molar-refractivity contribution < 1.29 is 24.7 Å². The molecule has 0 spiro atoms. The molecule has 43 heavy (non-hydrogen) atoms. The molecule has 3 nitrogen and oxygen atoms in total. The monoisotopic (exact) mass is 731 g/mol. The van der Waals surface area contributed by atoms with Crippen molar-refractivity contribution in [3.63, 3.8) is 0 Å². The summed E-state index contributed by atoms with van der Waals surface area (Å²) in [6.45, 7) is 0. The van der Waals surface area contributed by atoms with Crippen LogP contribution in [0.4, 0.5) is 0 Å². The fraction of sp³-hybridized carbons (Fsp3) is 0. The Labute approximate surface area is 267 Å². The Balaban J connectivity index is 0.000000151. The van der Waals surface area contributed by atoms with Crippen LogP contribution in [0.5, 0.6) is 0 Å². The largest absolute Gasteiger partial charge is 0.322 e. The molecule has 1 radical (unpaired) electrons. The number of rotatable bonds is 4. The van der Waals surface area contributed by atoms with Gasteiger partial charge in [-0.3, -0.25) is 0 Å². The second kappa shape index (κ2) is 17.1.